The molecule has 178 valence electrons. The quantitative estimate of drug-likeness (QED) is 0.726. The van der Waals surface area contributed by atoms with E-state index >= 15 is 0 Å². The number of hydrogen-bond donors (Lipinski definition) is 1. The lowest BCUT2D eigenvalue weighted by molar-refractivity contribution is -0.151. The Morgan fingerprint density at radius 2 is 1.79 bits per heavy atom. The van der Waals surface area contributed by atoms with Crippen molar-refractivity contribution < 1.29 is 9.90 Å². The average Bonchev–Trinajstić information content (AvgIpc) is 3.34. The summed E-state index contributed by atoms with van der Waals surface area (Å²) in [5.41, 5.74) is 1.36. The molecule has 1 unspecified atom stereocenters. The smallest absolute Gasteiger partial charge is 0.199 e. The number of ketones is 1. The molecule has 6 nitrogen and oxygen atoms in total. The first kappa shape index (κ1) is 21.7. The maximum Gasteiger partial charge on any atom is 0.199 e. The summed E-state index contributed by atoms with van der Waals surface area (Å²) in [6.07, 6.45) is 15.4. The third kappa shape index (κ3) is 3.30. The summed E-state index contributed by atoms with van der Waals surface area (Å²) in [4.78, 5) is 22.1. The van der Waals surface area contributed by atoms with Gasteiger partial charge < -0.3 is 5.11 Å². The molecule has 2 aromatic heterocycles. The first-order valence-electron chi connectivity index (χ1n) is 13.1. The van der Waals surface area contributed by atoms with Gasteiger partial charge in [-0.15, -0.1) is 0 Å². The number of carbonyl (C=O) groups is 1. The van der Waals surface area contributed by atoms with Crippen LogP contribution >= 0.6 is 0 Å². The molecule has 2 aromatic rings. The Bertz CT molecular complexity index is 1050. The van der Waals surface area contributed by atoms with Crippen LogP contribution in [0, 0.1) is 40.4 Å². The second-order valence-corrected chi connectivity index (χ2v) is 12.6. The molecule has 33 heavy (non-hydrogen) atoms. The van der Waals surface area contributed by atoms with Crippen molar-refractivity contribution >= 4 is 16.9 Å². The second kappa shape index (κ2) is 7.34. The molecule has 4 aliphatic carbocycles. The summed E-state index contributed by atoms with van der Waals surface area (Å²) in [6, 6.07) is 0. The van der Waals surface area contributed by atoms with Crippen LogP contribution in [0.15, 0.2) is 18.6 Å². The van der Waals surface area contributed by atoms with Crippen molar-refractivity contribution in [3.8, 4) is 0 Å². The van der Waals surface area contributed by atoms with Gasteiger partial charge in [0, 0.05) is 18.3 Å². The first-order chi connectivity index (χ1) is 15.7. The Morgan fingerprint density at radius 3 is 2.61 bits per heavy atom. The molecule has 0 aromatic carbocycles. The van der Waals surface area contributed by atoms with Gasteiger partial charge in [-0.05, 0) is 99.2 Å². The van der Waals surface area contributed by atoms with Gasteiger partial charge in [-0.1, -0.05) is 13.8 Å². The number of aliphatic hydroxyl groups is 1. The molecule has 8 atom stereocenters. The summed E-state index contributed by atoms with van der Waals surface area (Å²) in [5.74, 6) is 3.28. The Labute approximate surface area is 196 Å². The molecule has 4 fully saturated rings. The average molecular weight is 451 g/mol. The van der Waals surface area contributed by atoms with E-state index in [0.717, 1.165) is 49.5 Å². The minimum Gasteiger partial charge on any atom is -0.390 e. The number of hydrogen-bond acceptors (Lipinski definition) is 5. The van der Waals surface area contributed by atoms with Crippen LogP contribution in [-0.4, -0.2) is 36.2 Å². The molecule has 0 saturated heterocycles. The Kier molecular flexibility index (Phi) is 4.82. The lowest BCUT2D eigenvalue weighted by Crippen LogP contribution is -2.55. The maximum absolute atomic E-state index is 13.5. The van der Waals surface area contributed by atoms with Gasteiger partial charge in [0.05, 0.1) is 18.3 Å². The molecular formula is C27H38N4O2. The maximum atomic E-state index is 13.5. The third-order valence-corrected chi connectivity index (χ3v) is 10.9. The summed E-state index contributed by atoms with van der Waals surface area (Å²) in [7, 11) is 0. The lowest BCUT2D eigenvalue weighted by atomic mass is 9.44. The predicted octanol–water partition coefficient (Wildman–Crippen LogP) is 4.81. The lowest BCUT2D eigenvalue weighted by Gasteiger charge is -2.61. The minimum atomic E-state index is -0.479. The normalized spacial score (nSPS) is 44.8. The fourth-order valence-corrected chi connectivity index (χ4v) is 9.11. The number of fused-ring (bicyclic) bond motifs is 6. The van der Waals surface area contributed by atoms with Crippen molar-refractivity contribution in [1.29, 1.82) is 0 Å². The van der Waals surface area contributed by atoms with E-state index in [1.165, 1.54) is 25.7 Å². The zero-order chi connectivity index (χ0) is 23.0. The van der Waals surface area contributed by atoms with E-state index in [1.54, 1.807) is 17.1 Å². The molecule has 0 aliphatic heterocycles. The highest BCUT2D eigenvalue weighted by Gasteiger charge is 2.61. The number of aromatic nitrogens is 4. The van der Waals surface area contributed by atoms with E-state index in [4.69, 9.17) is 0 Å². The summed E-state index contributed by atoms with van der Waals surface area (Å²) >= 11 is 0. The van der Waals surface area contributed by atoms with Crippen molar-refractivity contribution in [3.05, 3.63) is 18.6 Å². The van der Waals surface area contributed by atoms with Gasteiger partial charge in [-0.2, -0.15) is 5.10 Å². The molecule has 6 heteroatoms. The van der Waals surface area contributed by atoms with Crippen LogP contribution in [-0.2, 0) is 11.3 Å². The predicted molar refractivity (Wildman–Crippen MR) is 126 cm³/mol. The number of carbonyl (C=O) groups excluding carboxylic acids is 1. The second-order valence-electron chi connectivity index (χ2n) is 12.6. The third-order valence-electron chi connectivity index (χ3n) is 10.9. The highest BCUT2D eigenvalue weighted by Crippen LogP contribution is 2.68. The van der Waals surface area contributed by atoms with Gasteiger partial charge in [0.1, 0.15) is 5.52 Å². The molecule has 1 N–H and O–H groups in total. The van der Waals surface area contributed by atoms with Gasteiger partial charge in [-0.25, -0.2) is 9.97 Å². The molecule has 0 spiro atoms. The highest BCUT2D eigenvalue weighted by molar-refractivity contribution is 5.82. The molecule has 4 saturated carbocycles. The molecule has 0 bridgehead atoms. The van der Waals surface area contributed by atoms with Gasteiger partial charge in [0.2, 0.25) is 0 Å². The van der Waals surface area contributed by atoms with Crippen LogP contribution in [0.4, 0.5) is 0 Å². The van der Waals surface area contributed by atoms with Gasteiger partial charge in [0.15, 0.2) is 11.4 Å². The van der Waals surface area contributed by atoms with E-state index in [2.05, 4.69) is 28.9 Å². The Balaban J connectivity index is 1.21. The largest absolute Gasteiger partial charge is 0.390 e. The van der Waals surface area contributed by atoms with Crippen molar-refractivity contribution in [2.75, 3.05) is 0 Å². The van der Waals surface area contributed by atoms with Crippen LogP contribution in [0.2, 0.25) is 0 Å². The molecule has 0 amide bonds. The Morgan fingerprint density at radius 1 is 1.00 bits per heavy atom. The summed E-state index contributed by atoms with van der Waals surface area (Å²) in [6.45, 7) is 7.33. The molecule has 2 heterocycles. The zero-order valence-electron chi connectivity index (χ0n) is 20.3. The van der Waals surface area contributed by atoms with Crippen LogP contribution in [0.3, 0.4) is 0 Å². The minimum absolute atomic E-state index is 0.116. The topological polar surface area (TPSA) is 80.9 Å². The SMILES string of the molecule is CC12CC[C@H]3[C@@H](CC[C@H]4C[C@](C)(O)CC[C@@]43C)[C@@H]1CC[C@@H]2C(=O)Cn1cc2nccnc2n1. The van der Waals surface area contributed by atoms with E-state index in [0.29, 0.717) is 35.2 Å². The van der Waals surface area contributed by atoms with Crippen molar-refractivity contribution in [2.24, 2.45) is 40.4 Å². The van der Waals surface area contributed by atoms with Crippen molar-refractivity contribution in [3.63, 3.8) is 0 Å². The van der Waals surface area contributed by atoms with Gasteiger partial charge >= 0.3 is 0 Å². The fourth-order valence-electron chi connectivity index (χ4n) is 9.11. The fraction of sp³-hybridized carbons (Fsp3) is 0.778. The molecular weight excluding hydrogens is 412 g/mol. The molecule has 0 radical (unpaired) electrons. The number of rotatable bonds is 3. The van der Waals surface area contributed by atoms with Crippen LogP contribution < -0.4 is 0 Å². The number of Topliss-reactive ketones (excluding diaryl/α,β-unsaturated/α-hetero) is 1. The Hall–Kier alpha value is -1.82. The summed E-state index contributed by atoms with van der Waals surface area (Å²) in [5, 5.41) is 15.2. The van der Waals surface area contributed by atoms with Crippen molar-refractivity contribution in [1.82, 2.24) is 19.7 Å². The van der Waals surface area contributed by atoms with E-state index in [9.17, 15) is 9.90 Å². The van der Waals surface area contributed by atoms with E-state index in [1.807, 2.05) is 13.1 Å². The van der Waals surface area contributed by atoms with E-state index < -0.39 is 5.60 Å². The summed E-state index contributed by atoms with van der Waals surface area (Å²) < 4.78 is 1.75. The van der Waals surface area contributed by atoms with Gasteiger partial charge in [0.25, 0.3) is 0 Å². The zero-order valence-corrected chi connectivity index (χ0v) is 20.3. The molecule has 6 rings (SSSR count). The van der Waals surface area contributed by atoms with Crippen LogP contribution in [0.1, 0.15) is 78.6 Å². The van der Waals surface area contributed by atoms with Crippen LogP contribution in [0.25, 0.3) is 11.2 Å². The van der Waals surface area contributed by atoms with Crippen LogP contribution in [0.5, 0.6) is 0 Å². The van der Waals surface area contributed by atoms with Gasteiger partial charge in [-0.3, -0.25) is 9.48 Å². The monoisotopic (exact) mass is 450 g/mol. The number of nitrogens with zero attached hydrogens (tertiary/aromatic N) is 4. The van der Waals surface area contributed by atoms with E-state index in [-0.39, 0.29) is 11.3 Å². The first-order valence-corrected chi connectivity index (χ1v) is 13.1. The van der Waals surface area contributed by atoms with Crippen molar-refractivity contribution in [2.45, 2.75) is 90.7 Å². The highest BCUT2D eigenvalue weighted by atomic mass is 16.3. The standard InChI is InChI=1S/C27H38N4O2/c1-25(33)10-11-26(2)17(14-25)4-5-18-19-6-7-21(27(19,3)9-8-20(18)26)23(32)16-31-15-22-24(30-31)29-13-12-28-22/h12-13,15,17-21,33H,4-11,14,16H2,1-3H3/t17-,18-,19-,20-,21+,25+,26-,27?/m0/s1. The molecule has 4 aliphatic rings.